The largest absolute Gasteiger partial charge is 0.489 e. The molecule has 1 fully saturated rings. The van der Waals surface area contributed by atoms with Gasteiger partial charge in [-0.3, -0.25) is 19.5 Å². The highest BCUT2D eigenvalue weighted by Crippen LogP contribution is 2.21. The number of pyridine rings is 1. The predicted octanol–water partition coefficient (Wildman–Crippen LogP) is 3.43. The maximum atomic E-state index is 12.4. The second kappa shape index (κ2) is 11.2. The van der Waals surface area contributed by atoms with Gasteiger partial charge in [0, 0.05) is 43.5 Å². The van der Waals surface area contributed by atoms with Crippen molar-refractivity contribution in [1.29, 1.82) is 0 Å². The van der Waals surface area contributed by atoms with E-state index in [9.17, 15) is 9.59 Å². The number of hydrogen-bond donors (Lipinski definition) is 2. The van der Waals surface area contributed by atoms with Crippen LogP contribution in [0.1, 0.15) is 39.6 Å². The quantitative estimate of drug-likeness (QED) is 0.514. The summed E-state index contributed by atoms with van der Waals surface area (Å²) in [6.07, 6.45) is 3.86. The highest BCUT2D eigenvalue weighted by atomic mass is 32.1. The van der Waals surface area contributed by atoms with Gasteiger partial charge in [-0.2, -0.15) is 0 Å². The summed E-state index contributed by atoms with van der Waals surface area (Å²) in [5, 5.41) is 8.38. The summed E-state index contributed by atoms with van der Waals surface area (Å²) in [5.41, 5.74) is 3.18. The molecule has 1 unspecified atom stereocenters. The fourth-order valence-corrected chi connectivity index (χ4v) is 4.74. The lowest BCUT2D eigenvalue weighted by molar-refractivity contribution is -0.115. The zero-order valence-corrected chi connectivity index (χ0v) is 20.2. The second-order valence-electron chi connectivity index (χ2n) is 8.35. The third-order valence-electron chi connectivity index (χ3n) is 5.67. The van der Waals surface area contributed by atoms with E-state index in [0.717, 1.165) is 54.4 Å². The molecule has 2 aromatic heterocycles. The Hall–Kier alpha value is -3.30. The summed E-state index contributed by atoms with van der Waals surface area (Å²) in [6.45, 7) is 4.44. The van der Waals surface area contributed by atoms with Crippen LogP contribution in [0.5, 0.6) is 5.75 Å². The number of rotatable bonds is 8. The van der Waals surface area contributed by atoms with Crippen LogP contribution in [-0.4, -0.2) is 52.9 Å². The van der Waals surface area contributed by atoms with Gasteiger partial charge in [-0.25, -0.2) is 4.98 Å². The van der Waals surface area contributed by atoms with Crippen molar-refractivity contribution in [3.8, 4) is 5.75 Å². The number of nitrogens with one attached hydrogen (secondary N) is 2. The zero-order chi connectivity index (χ0) is 23.9. The number of piperidine rings is 1. The van der Waals surface area contributed by atoms with E-state index in [1.165, 1.54) is 11.3 Å². The number of ether oxygens (including phenoxy) is 1. The number of hydrogen-bond acceptors (Lipinski definition) is 7. The topological polar surface area (TPSA) is 96.5 Å². The maximum Gasteiger partial charge on any atom is 0.269 e. The summed E-state index contributed by atoms with van der Waals surface area (Å²) in [4.78, 5) is 35.3. The van der Waals surface area contributed by atoms with Crippen LogP contribution in [0.2, 0.25) is 0 Å². The molecule has 9 heteroatoms. The second-order valence-corrected chi connectivity index (χ2v) is 9.29. The van der Waals surface area contributed by atoms with Crippen molar-refractivity contribution in [2.24, 2.45) is 0 Å². The van der Waals surface area contributed by atoms with E-state index in [1.807, 2.05) is 36.6 Å². The lowest BCUT2D eigenvalue weighted by Crippen LogP contribution is -2.40. The normalized spacial score (nSPS) is 16.1. The molecular weight excluding hydrogens is 450 g/mol. The molecule has 8 nitrogen and oxygen atoms in total. The average molecular weight is 480 g/mol. The molecule has 34 heavy (non-hydrogen) atoms. The first-order chi connectivity index (χ1) is 16.5. The first-order valence-electron chi connectivity index (χ1n) is 11.4. The van der Waals surface area contributed by atoms with Crippen LogP contribution in [-0.2, 0) is 17.8 Å². The Balaban J connectivity index is 1.29. The van der Waals surface area contributed by atoms with Gasteiger partial charge in [0.05, 0.1) is 12.1 Å². The number of nitrogens with zero attached hydrogens (tertiary/aromatic N) is 3. The number of thiazole rings is 1. The molecule has 178 valence electrons. The van der Waals surface area contributed by atoms with Crippen LogP contribution in [0.15, 0.2) is 48.0 Å². The molecule has 0 bridgehead atoms. The van der Waals surface area contributed by atoms with Crippen LogP contribution in [0.3, 0.4) is 0 Å². The van der Waals surface area contributed by atoms with Gasteiger partial charge in [-0.1, -0.05) is 18.2 Å². The Bertz CT molecular complexity index is 1150. The summed E-state index contributed by atoms with van der Waals surface area (Å²) in [7, 11) is 1.58. The molecule has 3 aromatic rings. The van der Waals surface area contributed by atoms with E-state index < -0.39 is 0 Å². The molecule has 0 spiro atoms. The highest BCUT2D eigenvalue weighted by Gasteiger charge is 2.23. The molecule has 0 radical (unpaired) electrons. The Morgan fingerprint density at radius 3 is 2.94 bits per heavy atom. The van der Waals surface area contributed by atoms with Gasteiger partial charge in [-0.15, -0.1) is 11.3 Å². The molecule has 1 aliphatic heterocycles. The maximum absolute atomic E-state index is 12.4. The van der Waals surface area contributed by atoms with Gasteiger partial charge >= 0.3 is 0 Å². The third kappa shape index (κ3) is 6.39. The van der Waals surface area contributed by atoms with Crippen molar-refractivity contribution in [1.82, 2.24) is 20.2 Å². The van der Waals surface area contributed by atoms with Crippen LogP contribution in [0.25, 0.3) is 0 Å². The molecule has 0 saturated carbocycles. The van der Waals surface area contributed by atoms with E-state index >= 15 is 0 Å². The summed E-state index contributed by atoms with van der Waals surface area (Å²) >= 11 is 1.52. The van der Waals surface area contributed by atoms with Gasteiger partial charge < -0.3 is 15.4 Å². The van der Waals surface area contributed by atoms with Crippen molar-refractivity contribution in [2.45, 2.75) is 38.8 Å². The van der Waals surface area contributed by atoms with E-state index in [2.05, 4.69) is 25.5 Å². The van der Waals surface area contributed by atoms with Gasteiger partial charge in [-0.05, 0) is 44.0 Å². The lowest BCUT2D eigenvalue weighted by atomic mass is 10.1. The first kappa shape index (κ1) is 23.8. The zero-order valence-electron chi connectivity index (χ0n) is 19.4. The molecule has 3 heterocycles. The van der Waals surface area contributed by atoms with Gasteiger partial charge in [0.2, 0.25) is 5.91 Å². The van der Waals surface area contributed by atoms with Crippen molar-refractivity contribution < 1.29 is 14.3 Å². The van der Waals surface area contributed by atoms with Crippen LogP contribution < -0.4 is 15.4 Å². The smallest absolute Gasteiger partial charge is 0.269 e. The molecule has 1 aliphatic rings. The van der Waals surface area contributed by atoms with Crippen LogP contribution in [0, 0.1) is 6.92 Å². The summed E-state index contributed by atoms with van der Waals surface area (Å²) in [5.74, 6) is 0.355. The monoisotopic (exact) mass is 479 g/mol. The molecule has 1 atom stereocenters. The Kier molecular flexibility index (Phi) is 7.87. The predicted molar refractivity (Wildman–Crippen MR) is 132 cm³/mol. The summed E-state index contributed by atoms with van der Waals surface area (Å²) < 4.78 is 6.15. The number of anilines is 1. The Morgan fingerprint density at radius 2 is 2.12 bits per heavy atom. The van der Waals surface area contributed by atoms with E-state index in [0.29, 0.717) is 11.4 Å². The number of benzene rings is 1. The van der Waals surface area contributed by atoms with E-state index in [4.69, 9.17) is 4.74 Å². The molecule has 2 N–H and O–H groups in total. The van der Waals surface area contributed by atoms with Crippen molar-refractivity contribution in [2.75, 3.05) is 25.5 Å². The van der Waals surface area contributed by atoms with Crippen molar-refractivity contribution in [3.05, 3.63) is 69.9 Å². The number of carbonyl (C=O) groups is 2. The van der Waals surface area contributed by atoms with Crippen molar-refractivity contribution in [3.63, 3.8) is 0 Å². The van der Waals surface area contributed by atoms with E-state index in [-0.39, 0.29) is 24.3 Å². The number of aryl methyl sites for hydroxylation is 1. The van der Waals surface area contributed by atoms with Gasteiger partial charge in [0.1, 0.15) is 22.6 Å². The minimum Gasteiger partial charge on any atom is -0.489 e. The van der Waals surface area contributed by atoms with Crippen LogP contribution in [0.4, 0.5) is 5.69 Å². The molecule has 4 rings (SSSR count). The fraction of sp³-hybridized carbons (Fsp3) is 0.360. The number of aromatic nitrogens is 2. The number of carbonyl (C=O) groups excluding carboxylic acids is 2. The molecule has 1 saturated heterocycles. The fourth-order valence-electron chi connectivity index (χ4n) is 3.96. The van der Waals surface area contributed by atoms with E-state index in [1.54, 1.807) is 25.4 Å². The molecular formula is C25H29N5O3S. The van der Waals surface area contributed by atoms with Gasteiger partial charge in [0.15, 0.2) is 0 Å². The molecule has 1 aromatic carbocycles. The molecule has 2 amide bonds. The third-order valence-corrected chi connectivity index (χ3v) is 6.57. The van der Waals surface area contributed by atoms with Crippen LogP contribution >= 0.6 is 11.3 Å². The minimum atomic E-state index is -0.234. The van der Waals surface area contributed by atoms with Crippen molar-refractivity contribution >= 4 is 28.8 Å². The van der Waals surface area contributed by atoms with Gasteiger partial charge in [0.25, 0.3) is 5.91 Å². The highest BCUT2D eigenvalue weighted by molar-refractivity contribution is 7.09. The SMILES string of the molecule is CNC(=O)c1cc(OC2CCCN(Cc3csc(CC(=O)Nc4ccccc4C)n3)C2)ccn1. The summed E-state index contributed by atoms with van der Waals surface area (Å²) in [6, 6.07) is 11.2. The first-order valence-corrected chi connectivity index (χ1v) is 12.2. The average Bonchev–Trinajstić information content (AvgIpc) is 3.26. The minimum absolute atomic E-state index is 0.0340. The number of amides is 2. The lowest BCUT2D eigenvalue weighted by Gasteiger charge is -2.32. The number of likely N-dealkylation sites (tertiary alicyclic amines) is 1. The standard InChI is InChI=1S/C25H29N5O3S/c1-17-6-3-4-8-21(17)29-23(31)13-24-28-18(16-34-24)14-30-11-5-7-20(15-30)33-19-9-10-27-22(12-19)25(32)26-2/h3-4,6,8-10,12,16,20H,5,7,11,13-15H2,1-2H3,(H,26,32)(H,29,31). The Labute approximate surface area is 203 Å². The number of para-hydroxylation sites is 1. The molecule has 0 aliphatic carbocycles. The Morgan fingerprint density at radius 1 is 1.26 bits per heavy atom.